The van der Waals surface area contributed by atoms with E-state index >= 15 is 0 Å². The van der Waals surface area contributed by atoms with Crippen molar-refractivity contribution in [1.82, 2.24) is 14.7 Å². The van der Waals surface area contributed by atoms with Crippen molar-refractivity contribution in [3.63, 3.8) is 0 Å². The Hall–Kier alpha value is -8.21. The molecule has 0 unspecified atom stereocenters. The molecule has 94 heavy (non-hydrogen) atoms. The van der Waals surface area contributed by atoms with E-state index in [2.05, 4.69) is 16.0 Å². The molecule has 0 fully saturated rings. The van der Waals surface area contributed by atoms with E-state index in [1.54, 1.807) is 41.5 Å². The van der Waals surface area contributed by atoms with Gasteiger partial charge in [0.15, 0.2) is 19.8 Å². The van der Waals surface area contributed by atoms with Gasteiger partial charge in [0.1, 0.15) is 17.2 Å². The molecule has 0 radical (unpaired) electrons. The Balaban J connectivity index is 0.0000140. The van der Waals surface area contributed by atoms with Crippen molar-refractivity contribution in [2.75, 3.05) is 75.0 Å². The van der Waals surface area contributed by atoms with Gasteiger partial charge in [-0.05, 0) is 151 Å². The summed E-state index contributed by atoms with van der Waals surface area (Å²) in [7, 11) is 0. The molecule has 0 atom stereocenters. The third kappa shape index (κ3) is 20.2. The maximum Gasteiger partial charge on any atom is 1.00 e. The van der Waals surface area contributed by atoms with Crippen LogP contribution in [-0.4, -0.2) is 109 Å². The molecule has 6 aromatic rings. The third-order valence-corrected chi connectivity index (χ3v) is 14.8. The van der Waals surface area contributed by atoms with Crippen LogP contribution in [0.25, 0.3) is 0 Å². The first-order chi connectivity index (χ1) is 44.2. The third-order valence-electron chi connectivity index (χ3n) is 14.8. The Morgan fingerprint density at radius 1 is 0.362 bits per heavy atom. The zero-order valence-corrected chi connectivity index (χ0v) is 54.6. The molecule has 0 aliphatic carbocycles. The molecule has 0 saturated heterocycles. The van der Waals surface area contributed by atoms with Crippen LogP contribution in [0.3, 0.4) is 0 Å². The molecule has 1 heterocycles. The Kier molecular flexibility index (Phi) is 26.9. The van der Waals surface area contributed by atoms with Crippen molar-refractivity contribution in [3.05, 3.63) is 176 Å². The minimum absolute atomic E-state index is 0. The van der Waals surface area contributed by atoms with Crippen molar-refractivity contribution < 1.29 is 126 Å². The van der Waals surface area contributed by atoms with Gasteiger partial charge in [-0.3, -0.25) is 28.8 Å². The minimum Gasteiger partial charge on any atom is -0.483 e. The predicted octanol–water partition coefficient (Wildman–Crippen LogP) is 9.71. The van der Waals surface area contributed by atoms with E-state index in [0.717, 1.165) is 72.8 Å². The zero-order valence-electron chi connectivity index (χ0n) is 52.6. The summed E-state index contributed by atoms with van der Waals surface area (Å²) in [5.74, 6) is -4.06. The quantitative estimate of drug-likeness (QED) is 0.0455. The van der Waals surface area contributed by atoms with E-state index in [1.807, 2.05) is 0 Å². The SMILES string of the molecule is CCN(CC)C(=O)COc1c2cc(C(=O)Nc3ccc(C(F)(F)F)cc3)cc1COCc1cc(C(=O)Nc3ccc(C(F)(F)F)cc3)cc(c1OCC(=O)N(CC)CC)COCc1cc(C(=O)Nc3ccc(C(F)(F)F)cc3)cc(c1OCC(=O)N(CC)CC)COC2.[Na+]. The number of anilines is 3. The standard InChI is InChI=1S/C66H69F9N6O12.Na/c1-7-79(8-2)55(82)37-91-58-43-25-40(61(85)76-52-19-13-49(14-20-52)64(67,68)69)26-44(58)32-89-34-46-28-42(63(87)78-54-23-17-51(18-24-54)66(73,74)75)30-48(60(46)93-39-57(84)81(11-5)12-6)36-90-35-47-29-41(62(86)77-53-21-15-50(16-22-53)65(70,71)72)27-45(33-88-31-43)59(47)92-38-56(83)80(9-3)10-4;/h13-30H,7-12,31-39H2,1-6H3,(H,76,85)(H,77,86)(H,78,87);/q;+1. The van der Waals surface area contributed by atoms with E-state index in [-0.39, 0.29) is 114 Å². The molecule has 1 aliphatic rings. The Bertz CT molecular complexity index is 3170. The number of carbonyl (C=O) groups excluding carboxylic acids is 6. The summed E-state index contributed by atoms with van der Waals surface area (Å²) in [6.45, 7) is 7.67. The van der Waals surface area contributed by atoms with Gasteiger partial charge in [-0.15, -0.1) is 0 Å². The van der Waals surface area contributed by atoms with Crippen molar-refractivity contribution in [2.45, 2.75) is 99.7 Å². The van der Waals surface area contributed by atoms with Gasteiger partial charge in [-0.25, -0.2) is 0 Å². The van der Waals surface area contributed by atoms with Gasteiger partial charge in [-0.2, -0.15) is 39.5 Å². The van der Waals surface area contributed by atoms with E-state index in [0.29, 0.717) is 39.3 Å². The van der Waals surface area contributed by atoms with E-state index in [9.17, 15) is 68.3 Å². The number of ether oxygens (including phenoxy) is 6. The molecule has 498 valence electrons. The van der Waals surface area contributed by atoms with Crippen LogP contribution in [0.5, 0.6) is 17.2 Å². The molecule has 6 bridgehead atoms. The molecule has 0 aromatic heterocycles. The number of nitrogens with zero attached hydrogens (tertiary/aromatic N) is 3. The van der Waals surface area contributed by atoms with Crippen molar-refractivity contribution >= 4 is 52.5 Å². The van der Waals surface area contributed by atoms with Gasteiger partial charge in [0.25, 0.3) is 35.4 Å². The molecular weight excluding hydrogens is 1260 g/mol. The minimum atomic E-state index is -4.69. The number of hydrogen-bond acceptors (Lipinski definition) is 12. The molecular formula is C66H69F9N6NaO12+. The summed E-state index contributed by atoms with van der Waals surface area (Å²) >= 11 is 0. The molecule has 6 aromatic carbocycles. The van der Waals surface area contributed by atoms with Gasteiger partial charge in [-0.1, -0.05) is 0 Å². The Morgan fingerprint density at radius 2 is 0.553 bits per heavy atom. The van der Waals surface area contributed by atoms with Crippen molar-refractivity contribution in [2.24, 2.45) is 0 Å². The number of alkyl halides is 9. The monoisotopic (exact) mass is 1330 g/mol. The molecule has 3 N–H and O–H groups in total. The second kappa shape index (κ2) is 33.8. The number of hydrogen-bond donors (Lipinski definition) is 3. The van der Waals surface area contributed by atoms with E-state index < -0.39 is 130 Å². The van der Waals surface area contributed by atoms with Crippen LogP contribution in [0.2, 0.25) is 0 Å². The summed E-state index contributed by atoms with van der Waals surface area (Å²) in [5, 5.41) is 7.77. The van der Waals surface area contributed by atoms with Crippen molar-refractivity contribution in [1.29, 1.82) is 0 Å². The molecule has 0 spiro atoms. The Morgan fingerprint density at radius 3 is 0.723 bits per heavy atom. The normalized spacial score (nSPS) is 12.8. The number of nitrogens with one attached hydrogen (secondary N) is 3. The largest absolute Gasteiger partial charge is 1.00 e. The summed E-state index contributed by atoms with van der Waals surface area (Å²) in [4.78, 5) is 88.6. The first-order valence-corrected chi connectivity index (χ1v) is 29.6. The smallest absolute Gasteiger partial charge is 0.483 e. The van der Waals surface area contributed by atoms with Gasteiger partial charge in [0.05, 0.1) is 56.3 Å². The molecule has 6 amide bonds. The summed E-state index contributed by atoms with van der Waals surface area (Å²) < 4.78 is 161. The van der Waals surface area contributed by atoms with Crippen molar-refractivity contribution in [3.8, 4) is 17.2 Å². The van der Waals surface area contributed by atoms with Crippen LogP contribution in [-0.2, 0) is 86.8 Å². The fourth-order valence-corrected chi connectivity index (χ4v) is 9.91. The van der Waals surface area contributed by atoms with Gasteiger partial charge < -0.3 is 59.1 Å². The first kappa shape index (κ1) is 74.8. The fourth-order valence-electron chi connectivity index (χ4n) is 9.91. The fraction of sp³-hybridized carbons (Fsp3) is 0.364. The summed E-state index contributed by atoms with van der Waals surface area (Å²) in [6, 6.07) is 19.0. The van der Waals surface area contributed by atoms with Gasteiger partial charge >= 0.3 is 48.1 Å². The maximum absolute atomic E-state index is 14.4. The van der Waals surface area contributed by atoms with Crippen LogP contribution in [0.15, 0.2) is 109 Å². The van der Waals surface area contributed by atoms with Gasteiger partial charge in [0, 0.05) is 106 Å². The van der Waals surface area contributed by atoms with Crippen LogP contribution in [0, 0.1) is 0 Å². The topological polar surface area (TPSA) is 204 Å². The van der Waals surface area contributed by atoms with Gasteiger partial charge in [0.2, 0.25) is 0 Å². The zero-order chi connectivity index (χ0) is 67.8. The molecule has 1 aliphatic heterocycles. The molecule has 0 saturated carbocycles. The number of fused-ring (bicyclic) bond motifs is 6. The number of benzene rings is 6. The Labute approximate surface area is 558 Å². The molecule has 28 heteroatoms. The predicted molar refractivity (Wildman–Crippen MR) is 323 cm³/mol. The van der Waals surface area contributed by atoms with Crippen LogP contribution >= 0.6 is 0 Å². The average molecular weight is 1330 g/mol. The number of carbonyl (C=O) groups is 6. The second-order valence-electron chi connectivity index (χ2n) is 21.0. The number of rotatable bonds is 21. The number of halogens is 9. The van der Waals surface area contributed by atoms with Crippen LogP contribution in [0.4, 0.5) is 56.6 Å². The van der Waals surface area contributed by atoms with E-state index in [4.69, 9.17) is 28.4 Å². The average Bonchev–Trinajstić information content (AvgIpc) is 0.812. The first-order valence-electron chi connectivity index (χ1n) is 29.6. The number of likely N-dealkylation sites (N-methyl/N-ethyl adjacent to an activating group) is 3. The maximum atomic E-state index is 14.4. The second-order valence-corrected chi connectivity index (χ2v) is 21.0. The number of amides is 6. The van der Waals surface area contributed by atoms with Crippen LogP contribution in [0.1, 0.15) is 123 Å². The molecule has 18 nitrogen and oxygen atoms in total. The molecule has 7 rings (SSSR count). The summed E-state index contributed by atoms with van der Waals surface area (Å²) in [5.41, 5.74) is -2.93. The summed E-state index contributed by atoms with van der Waals surface area (Å²) in [6.07, 6.45) is -14.1. The van der Waals surface area contributed by atoms with Crippen LogP contribution < -0.4 is 59.7 Å². The van der Waals surface area contributed by atoms with E-state index in [1.165, 1.54) is 51.1 Å².